The maximum atomic E-state index is 4.49. The van der Waals surface area contributed by atoms with Gasteiger partial charge in [-0.2, -0.15) is 0 Å². The van der Waals surface area contributed by atoms with E-state index >= 15 is 0 Å². The van der Waals surface area contributed by atoms with Crippen LogP contribution in [-0.4, -0.2) is 11.0 Å². The van der Waals surface area contributed by atoms with Crippen molar-refractivity contribution < 1.29 is 0 Å². The molecule has 0 aliphatic heterocycles. The first-order valence-corrected chi connectivity index (χ1v) is 6.95. The largest absolute Gasteiger partial charge is 0.308 e. The van der Waals surface area contributed by atoms with Crippen LogP contribution < -0.4 is 5.32 Å². The molecule has 1 saturated carbocycles. The van der Waals surface area contributed by atoms with E-state index in [1.807, 2.05) is 12.3 Å². The van der Waals surface area contributed by atoms with E-state index in [4.69, 9.17) is 0 Å². The average Bonchev–Trinajstić information content (AvgIpc) is 2.37. The van der Waals surface area contributed by atoms with Crippen molar-refractivity contribution in [3.8, 4) is 0 Å². The standard InChI is InChI=1S/C15H24N2/c1-3-13-7-5-9-16-15(13)11-17-14-8-4-6-12(2)10-14/h5,7,9,12,14,17H,3-4,6,8,10-11H2,1-2H3. The van der Waals surface area contributed by atoms with Crippen molar-refractivity contribution in [3.63, 3.8) is 0 Å². The van der Waals surface area contributed by atoms with Gasteiger partial charge in [0.2, 0.25) is 0 Å². The maximum absolute atomic E-state index is 4.49. The summed E-state index contributed by atoms with van der Waals surface area (Å²) in [6.07, 6.45) is 8.42. The van der Waals surface area contributed by atoms with E-state index in [0.29, 0.717) is 6.04 Å². The molecule has 1 aromatic rings. The summed E-state index contributed by atoms with van der Waals surface area (Å²) in [5.41, 5.74) is 2.61. The Kier molecular flexibility index (Phi) is 4.55. The number of pyridine rings is 1. The van der Waals surface area contributed by atoms with E-state index in [1.165, 1.54) is 36.9 Å². The third-order valence-corrected chi connectivity index (χ3v) is 3.86. The lowest BCUT2D eigenvalue weighted by Gasteiger charge is -2.27. The van der Waals surface area contributed by atoms with Gasteiger partial charge in [0.25, 0.3) is 0 Å². The normalized spacial score (nSPS) is 24.8. The van der Waals surface area contributed by atoms with E-state index in [0.717, 1.165) is 18.9 Å². The van der Waals surface area contributed by atoms with E-state index in [1.54, 1.807) is 0 Å². The van der Waals surface area contributed by atoms with Crippen LogP contribution in [0.5, 0.6) is 0 Å². The molecule has 0 saturated heterocycles. The zero-order chi connectivity index (χ0) is 12.1. The first-order chi connectivity index (χ1) is 8.29. The predicted molar refractivity (Wildman–Crippen MR) is 71.9 cm³/mol. The lowest BCUT2D eigenvalue weighted by atomic mass is 9.87. The smallest absolute Gasteiger partial charge is 0.0573 e. The minimum atomic E-state index is 0.700. The highest BCUT2D eigenvalue weighted by Gasteiger charge is 2.18. The van der Waals surface area contributed by atoms with E-state index in [-0.39, 0.29) is 0 Å². The molecule has 2 nitrogen and oxygen atoms in total. The Morgan fingerprint density at radius 1 is 1.41 bits per heavy atom. The molecule has 0 radical (unpaired) electrons. The molecule has 2 rings (SSSR count). The summed E-state index contributed by atoms with van der Waals surface area (Å²) in [4.78, 5) is 4.49. The van der Waals surface area contributed by atoms with Crippen LogP contribution in [0.1, 0.15) is 50.8 Å². The molecule has 1 N–H and O–H groups in total. The van der Waals surface area contributed by atoms with Gasteiger partial charge >= 0.3 is 0 Å². The topological polar surface area (TPSA) is 24.9 Å². The molecule has 0 spiro atoms. The van der Waals surface area contributed by atoms with Crippen molar-refractivity contribution in [2.75, 3.05) is 0 Å². The van der Waals surface area contributed by atoms with Gasteiger partial charge in [-0.05, 0) is 36.8 Å². The summed E-state index contributed by atoms with van der Waals surface area (Å²) in [5.74, 6) is 0.885. The Morgan fingerprint density at radius 3 is 3.06 bits per heavy atom. The van der Waals surface area contributed by atoms with E-state index < -0.39 is 0 Å². The zero-order valence-corrected chi connectivity index (χ0v) is 11.1. The van der Waals surface area contributed by atoms with Gasteiger partial charge in [-0.25, -0.2) is 0 Å². The fourth-order valence-electron chi connectivity index (χ4n) is 2.81. The minimum absolute atomic E-state index is 0.700. The number of nitrogens with one attached hydrogen (secondary N) is 1. The first-order valence-electron chi connectivity index (χ1n) is 6.95. The van der Waals surface area contributed by atoms with Crippen molar-refractivity contribution in [2.24, 2.45) is 5.92 Å². The first kappa shape index (κ1) is 12.6. The summed E-state index contributed by atoms with van der Waals surface area (Å²) in [7, 11) is 0. The van der Waals surface area contributed by atoms with Gasteiger partial charge in [0.05, 0.1) is 5.69 Å². The molecular weight excluding hydrogens is 208 g/mol. The lowest BCUT2D eigenvalue weighted by molar-refractivity contribution is 0.299. The summed E-state index contributed by atoms with van der Waals surface area (Å²) in [5, 5.41) is 3.68. The van der Waals surface area contributed by atoms with Gasteiger partial charge in [0, 0.05) is 18.8 Å². The molecule has 0 amide bonds. The highest BCUT2D eigenvalue weighted by atomic mass is 14.9. The van der Waals surface area contributed by atoms with Crippen LogP contribution in [0.2, 0.25) is 0 Å². The summed E-state index contributed by atoms with van der Waals surface area (Å²) in [6, 6.07) is 4.92. The van der Waals surface area contributed by atoms with Crippen molar-refractivity contribution in [1.82, 2.24) is 10.3 Å². The second kappa shape index (κ2) is 6.15. The number of rotatable bonds is 4. The predicted octanol–water partition coefficient (Wildman–Crippen LogP) is 3.31. The van der Waals surface area contributed by atoms with Crippen LogP contribution in [0, 0.1) is 5.92 Å². The molecule has 1 fully saturated rings. The minimum Gasteiger partial charge on any atom is -0.308 e. The second-order valence-corrected chi connectivity index (χ2v) is 5.31. The van der Waals surface area contributed by atoms with Gasteiger partial charge in [-0.1, -0.05) is 32.8 Å². The van der Waals surface area contributed by atoms with Crippen molar-refractivity contribution in [2.45, 2.75) is 58.5 Å². The molecule has 1 aliphatic carbocycles. The van der Waals surface area contributed by atoms with Crippen molar-refractivity contribution in [3.05, 3.63) is 29.6 Å². The van der Waals surface area contributed by atoms with Gasteiger partial charge in [0.1, 0.15) is 0 Å². The monoisotopic (exact) mass is 232 g/mol. The fourth-order valence-corrected chi connectivity index (χ4v) is 2.81. The summed E-state index contributed by atoms with van der Waals surface area (Å²) in [6.45, 7) is 5.50. The third-order valence-electron chi connectivity index (χ3n) is 3.86. The second-order valence-electron chi connectivity index (χ2n) is 5.31. The van der Waals surface area contributed by atoms with Crippen LogP contribution in [0.25, 0.3) is 0 Å². The molecule has 94 valence electrons. The lowest BCUT2D eigenvalue weighted by Crippen LogP contribution is -2.33. The Hall–Kier alpha value is -0.890. The number of aromatic nitrogens is 1. The van der Waals surface area contributed by atoms with Gasteiger partial charge < -0.3 is 5.32 Å². The van der Waals surface area contributed by atoms with E-state index in [9.17, 15) is 0 Å². The molecular formula is C15H24N2. The Labute approximate surface area is 105 Å². The third kappa shape index (κ3) is 3.53. The summed E-state index contributed by atoms with van der Waals surface area (Å²) >= 11 is 0. The van der Waals surface area contributed by atoms with Crippen LogP contribution in [0.3, 0.4) is 0 Å². The molecule has 0 bridgehead atoms. The summed E-state index contributed by atoms with van der Waals surface area (Å²) < 4.78 is 0. The average molecular weight is 232 g/mol. The molecule has 1 aromatic heterocycles. The number of aryl methyl sites for hydroxylation is 1. The molecule has 2 atom stereocenters. The SMILES string of the molecule is CCc1cccnc1CNC1CCCC(C)C1. The molecule has 17 heavy (non-hydrogen) atoms. The zero-order valence-electron chi connectivity index (χ0n) is 11.1. The molecule has 2 unspecified atom stereocenters. The van der Waals surface area contributed by atoms with Crippen LogP contribution in [0.4, 0.5) is 0 Å². The van der Waals surface area contributed by atoms with Crippen molar-refractivity contribution in [1.29, 1.82) is 0 Å². The molecule has 2 heteroatoms. The van der Waals surface area contributed by atoms with Gasteiger partial charge in [-0.3, -0.25) is 4.98 Å². The van der Waals surface area contributed by atoms with Crippen LogP contribution in [-0.2, 0) is 13.0 Å². The Bertz CT molecular complexity index is 349. The molecule has 1 heterocycles. The maximum Gasteiger partial charge on any atom is 0.0573 e. The van der Waals surface area contributed by atoms with Crippen LogP contribution >= 0.6 is 0 Å². The van der Waals surface area contributed by atoms with Gasteiger partial charge in [0.15, 0.2) is 0 Å². The quantitative estimate of drug-likeness (QED) is 0.861. The number of hydrogen-bond donors (Lipinski definition) is 1. The Morgan fingerprint density at radius 2 is 2.29 bits per heavy atom. The number of nitrogens with zero attached hydrogens (tertiary/aromatic N) is 1. The fraction of sp³-hybridized carbons (Fsp3) is 0.667. The van der Waals surface area contributed by atoms with Gasteiger partial charge in [-0.15, -0.1) is 0 Å². The Balaban J connectivity index is 1.88. The van der Waals surface area contributed by atoms with E-state index in [2.05, 4.69) is 30.2 Å². The van der Waals surface area contributed by atoms with Crippen LogP contribution in [0.15, 0.2) is 18.3 Å². The highest BCUT2D eigenvalue weighted by Crippen LogP contribution is 2.23. The number of hydrogen-bond acceptors (Lipinski definition) is 2. The highest BCUT2D eigenvalue weighted by molar-refractivity contribution is 5.19. The van der Waals surface area contributed by atoms with Crippen molar-refractivity contribution >= 4 is 0 Å². The molecule has 0 aromatic carbocycles. The molecule has 1 aliphatic rings.